The summed E-state index contributed by atoms with van der Waals surface area (Å²) in [4.78, 5) is 4.07. The van der Waals surface area contributed by atoms with Gasteiger partial charge in [0.2, 0.25) is 0 Å². The van der Waals surface area contributed by atoms with Crippen LogP contribution in [0.2, 0.25) is 0 Å². The maximum atomic E-state index is 14.7. The molecule has 0 amide bonds. The number of hydrogen-bond acceptors (Lipinski definition) is 5. The Kier molecular flexibility index (Phi) is 7.65. The van der Waals surface area contributed by atoms with Gasteiger partial charge in [-0.15, -0.1) is 0 Å². The molecule has 3 aromatic carbocycles. The van der Waals surface area contributed by atoms with Gasteiger partial charge in [0, 0.05) is 50.6 Å². The smallest absolute Gasteiger partial charge is 0.258 e. The van der Waals surface area contributed by atoms with Crippen molar-refractivity contribution in [1.29, 1.82) is 0 Å². The lowest BCUT2D eigenvalue weighted by atomic mass is 10.2. The summed E-state index contributed by atoms with van der Waals surface area (Å²) in [6.45, 7) is 3.85. The van der Waals surface area contributed by atoms with E-state index in [9.17, 15) is 4.57 Å². The minimum absolute atomic E-state index is 0.199. The SMILES string of the molecule is CC(C)O[P@](=O)(c1ccc(N(C)C)cc1)[C@H](Nc1ccccc1)c1ccc(N(C)C)cc1. The van der Waals surface area contributed by atoms with Crippen LogP contribution in [0.5, 0.6) is 0 Å². The van der Waals surface area contributed by atoms with Gasteiger partial charge in [-0.2, -0.15) is 0 Å². The standard InChI is InChI=1S/C26H34N3O2P/c1-20(2)31-32(30,25-18-16-24(17-19-25)29(5)6)26(27-22-10-8-7-9-11-22)21-12-14-23(15-13-21)28(3)4/h7-20,26-27H,1-6H3/t26-,32+/m0/s1. The van der Waals surface area contributed by atoms with E-state index in [4.69, 9.17) is 4.52 Å². The van der Waals surface area contributed by atoms with Crippen molar-refractivity contribution in [3.05, 3.63) is 84.4 Å². The van der Waals surface area contributed by atoms with Gasteiger partial charge >= 0.3 is 0 Å². The molecule has 0 aliphatic carbocycles. The van der Waals surface area contributed by atoms with Gasteiger partial charge in [0.1, 0.15) is 5.78 Å². The minimum atomic E-state index is -3.36. The summed E-state index contributed by atoms with van der Waals surface area (Å²) in [5, 5.41) is 4.21. The number of nitrogens with one attached hydrogen (secondary N) is 1. The summed E-state index contributed by atoms with van der Waals surface area (Å²) in [6, 6.07) is 25.8. The van der Waals surface area contributed by atoms with Crippen LogP contribution in [0, 0.1) is 0 Å². The zero-order valence-electron chi connectivity index (χ0n) is 19.8. The topological polar surface area (TPSA) is 44.8 Å². The van der Waals surface area contributed by atoms with Crippen LogP contribution in [0.1, 0.15) is 25.2 Å². The second-order valence-electron chi connectivity index (χ2n) is 8.56. The molecule has 170 valence electrons. The van der Waals surface area contributed by atoms with Crippen LogP contribution >= 0.6 is 7.37 Å². The predicted octanol–water partition coefficient (Wildman–Crippen LogP) is 5.96. The van der Waals surface area contributed by atoms with Crippen molar-refractivity contribution in [2.75, 3.05) is 43.3 Å². The third kappa shape index (κ3) is 5.53. The molecule has 5 nitrogen and oxygen atoms in total. The molecule has 32 heavy (non-hydrogen) atoms. The van der Waals surface area contributed by atoms with E-state index < -0.39 is 13.2 Å². The van der Waals surface area contributed by atoms with Crippen LogP contribution in [0.4, 0.5) is 17.1 Å². The molecule has 2 atom stereocenters. The highest BCUT2D eigenvalue weighted by atomic mass is 31.2. The summed E-state index contributed by atoms with van der Waals surface area (Å²) in [6.07, 6.45) is -0.199. The maximum Gasteiger partial charge on any atom is 0.258 e. The third-order valence-corrected chi connectivity index (χ3v) is 8.10. The molecule has 3 aromatic rings. The second kappa shape index (κ2) is 10.2. The van der Waals surface area contributed by atoms with Gasteiger partial charge < -0.3 is 19.6 Å². The van der Waals surface area contributed by atoms with Crippen LogP contribution < -0.4 is 20.4 Å². The minimum Gasteiger partial charge on any atom is -0.378 e. The summed E-state index contributed by atoms with van der Waals surface area (Å²) in [7, 11) is 4.64. The molecule has 0 aliphatic rings. The van der Waals surface area contributed by atoms with Gasteiger partial charge in [-0.3, -0.25) is 4.57 Å². The molecule has 0 unspecified atom stereocenters. The van der Waals surface area contributed by atoms with Gasteiger partial charge in [0.25, 0.3) is 7.37 Å². The van der Waals surface area contributed by atoms with Crippen LogP contribution in [-0.2, 0) is 9.09 Å². The zero-order chi connectivity index (χ0) is 23.3. The predicted molar refractivity (Wildman–Crippen MR) is 138 cm³/mol. The molecule has 1 N–H and O–H groups in total. The first-order valence-corrected chi connectivity index (χ1v) is 12.5. The normalized spacial score (nSPS) is 14.0. The number of benzene rings is 3. The first kappa shape index (κ1) is 23.9. The Morgan fingerprint density at radius 1 is 0.750 bits per heavy atom. The quantitative estimate of drug-likeness (QED) is 0.407. The van der Waals surface area contributed by atoms with Crippen molar-refractivity contribution in [2.45, 2.75) is 25.7 Å². The Bertz CT molecular complexity index is 1030. The molecule has 3 rings (SSSR count). The first-order valence-electron chi connectivity index (χ1n) is 10.9. The van der Waals surface area contributed by atoms with Gasteiger partial charge in [-0.25, -0.2) is 0 Å². The summed E-state index contributed by atoms with van der Waals surface area (Å²) >= 11 is 0. The van der Waals surface area contributed by atoms with E-state index in [1.54, 1.807) is 0 Å². The van der Waals surface area contributed by atoms with Crippen LogP contribution in [-0.4, -0.2) is 34.3 Å². The van der Waals surface area contributed by atoms with Gasteiger partial charge in [0.15, 0.2) is 0 Å². The molecule has 0 bridgehead atoms. The van der Waals surface area contributed by atoms with E-state index in [1.807, 2.05) is 131 Å². The lowest BCUT2D eigenvalue weighted by Crippen LogP contribution is -2.23. The summed E-state index contributed by atoms with van der Waals surface area (Å²) in [5.74, 6) is -0.534. The van der Waals surface area contributed by atoms with E-state index in [2.05, 4.69) is 5.32 Å². The van der Waals surface area contributed by atoms with Gasteiger partial charge in [-0.05, 0) is 67.9 Å². The maximum absolute atomic E-state index is 14.7. The molecule has 0 saturated carbocycles. The Morgan fingerprint density at radius 3 is 1.72 bits per heavy atom. The Hall–Kier alpha value is -2.75. The number of nitrogens with zero attached hydrogens (tertiary/aromatic N) is 2. The molecule has 0 heterocycles. The van der Waals surface area contributed by atoms with Crippen molar-refractivity contribution >= 4 is 29.7 Å². The van der Waals surface area contributed by atoms with Crippen molar-refractivity contribution in [1.82, 2.24) is 0 Å². The molecular weight excluding hydrogens is 417 g/mol. The van der Waals surface area contributed by atoms with Crippen molar-refractivity contribution in [3.63, 3.8) is 0 Å². The zero-order valence-corrected chi connectivity index (χ0v) is 20.7. The first-order chi connectivity index (χ1) is 15.2. The highest BCUT2D eigenvalue weighted by Crippen LogP contribution is 2.60. The van der Waals surface area contributed by atoms with Gasteiger partial charge in [0.05, 0.1) is 6.10 Å². The second-order valence-corrected chi connectivity index (χ2v) is 11.0. The highest BCUT2D eigenvalue weighted by molar-refractivity contribution is 7.67. The number of hydrogen-bond donors (Lipinski definition) is 1. The largest absolute Gasteiger partial charge is 0.378 e. The van der Waals surface area contributed by atoms with E-state index in [-0.39, 0.29) is 6.10 Å². The van der Waals surface area contributed by atoms with E-state index in [1.165, 1.54) is 0 Å². The van der Waals surface area contributed by atoms with Crippen LogP contribution in [0.15, 0.2) is 78.9 Å². The number of rotatable bonds is 9. The van der Waals surface area contributed by atoms with E-state index in [0.717, 1.165) is 22.6 Å². The van der Waals surface area contributed by atoms with Crippen LogP contribution in [0.3, 0.4) is 0 Å². The molecule has 6 heteroatoms. The Balaban J connectivity index is 2.12. The molecule has 0 aliphatic heterocycles. The van der Waals surface area contributed by atoms with Gasteiger partial charge in [-0.1, -0.05) is 30.3 Å². The summed E-state index contributed by atoms with van der Waals surface area (Å²) < 4.78 is 21.0. The molecular formula is C26H34N3O2P. The highest BCUT2D eigenvalue weighted by Gasteiger charge is 2.38. The number of anilines is 3. The van der Waals surface area contributed by atoms with Crippen molar-refractivity contribution < 1.29 is 9.09 Å². The fraction of sp³-hybridized carbons (Fsp3) is 0.308. The fourth-order valence-corrected chi connectivity index (χ4v) is 6.17. The molecule has 0 saturated heterocycles. The molecule has 0 radical (unpaired) electrons. The fourth-order valence-electron chi connectivity index (χ4n) is 3.55. The lowest BCUT2D eigenvalue weighted by molar-refractivity contribution is 0.245. The van der Waals surface area contributed by atoms with Crippen molar-refractivity contribution in [2.24, 2.45) is 0 Å². The average Bonchev–Trinajstić information content (AvgIpc) is 2.77. The van der Waals surface area contributed by atoms with Crippen molar-refractivity contribution in [3.8, 4) is 0 Å². The van der Waals surface area contributed by atoms with E-state index >= 15 is 0 Å². The Labute approximate surface area is 192 Å². The monoisotopic (exact) mass is 451 g/mol. The Morgan fingerprint density at radius 2 is 1.25 bits per heavy atom. The van der Waals surface area contributed by atoms with Crippen LogP contribution in [0.25, 0.3) is 0 Å². The molecule has 0 fully saturated rings. The lowest BCUT2D eigenvalue weighted by Gasteiger charge is -2.31. The van der Waals surface area contributed by atoms with E-state index in [0.29, 0.717) is 5.30 Å². The molecule has 0 spiro atoms. The average molecular weight is 452 g/mol. The summed E-state index contributed by atoms with van der Waals surface area (Å²) in [5.41, 5.74) is 3.95. The third-order valence-electron chi connectivity index (χ3n) is 5.24. The number of para-hydroxylation sites is 1. The molecule has 0 aromatic heterocycles.